The molecule has 20 heavy (non-hydrogen) atoms. The van der Waals surface area contributed by atoms with Gasteiger partial charge in [0.2, 0.25) is 0 Å². The van der Waals surface area contributed by atoms with Crippen LogP contribution in [0.2, 0.25) is 0 Å². The van der Waals surface area contributed by atoms with Crippen LogP contribution in [0.15, 0.2) is 48.5 Å². The Kier molecular flexibility index (Phi) is 4.85. The third kappa shape index (κ3) is 3.65. The lowest BCUT2D eigenvalue weighted by Crippen LogP contribution is -2.12. The summed E-state index contributed by atoms with van der Waals surface area (Å²) in [6.07, 6.45) is -0.591. The molecule has 0 aliphatic heterocycles. The summed E-state index contributed by atoms with van der Waals surface area (Å²) in [4.78, 5) is 0. The van der Waals surface area contributed by atoms with Crippen LogP contribution in [0, 0.1) is 0 Å². The molecular weight excluding hydrogens is 254 g/mol. The fourth-order valence-electron chi connectivity index (χ4n) is 1.89. The molecule has 0 radical (unpaired) electrons. The number of hydrogen-bond donors (Lipinski definition) is 2. The Morgan fingerprint density at radius 2 is 1.70 bits per heavy atom. The Labute approximate surface area is 119 Å². The molecule has 0 bridgehead atoms. The fraction of sp³-hybridized carbons (Fsp3) is 0.250. The largest absolute Gasteiger partial charge is 0.497 e. The maximum absolute atomic E-state index is 10.2. The van der Waals surface area contributed by atoms with E-state index in [1.807, 2.05) is 48.5 Å². The first kappa shape index (κ1) is 14.2. The third-order valence-electron chi connectivity index (χ3n) is 3.07. The van der Waals surface area contributed by atoms with Gasteiger partial charge in [0, 0.05) is 12.2 Å². The van der Waals surface area contributed by atoms with Crippen molar-refractivity contribution in [2.45, 2.75) is 6.10 Å². The highest BCUT2D eigenvalue weighted by Crippen LogP contribution is 2.20. The summed E-state index contributed by atoms with van der Waals surface area (Å²) < 4.78 is 10.2. The maximum Gasteiger partial charge on any atom is 0.119 e. The van der Waals surface area contributed by atoms with Crippen LogP contribution in [0.5, 0.6) is 11.5 Å². The van der Waals surface area contributed by atoms with Crippen LogP contribution in [-0.4, -0.2) is 25.9 Å². The van der Waals surface area contributed by atoms with Crippen molar-refractivity contribution in [2.24, 2.45) is 0 Å². The number of aliphatic hydroxyl groups excluding tert-OH is 1. The van der Waals surface area contributed by atoms with E-state index in [9.17, 15) is 5.11 Å². The molecule has 0 saturated carbocycles. The number of anilines is 1. The quantitative estimate of drug-likeness (QED) is 0.849. The van der Waals surface area contributed by atoms with E-state index in [1.54, 1.807) is 14.2 Å². The van der Waals surface area contributed by atoms with Crippen molar-refractivity contribution in [1.82, 2.24) is 0 Å². The van der Waals surface area contributed by atoms with Crippen molar-refractivity contribution in [3.05, 3.63) is 54.1 Å². The second-order valence-electron chi connectivity index (χ2n) is 4.40. The zero-order chi connectivity index (χ0) is 14.4. The van der Waals surface area contributed by atoms with Crippen LogP contribution < -0.4 is 14.8 Å². The molecule has 2 aromatic rings. The summed E-state index contributed by atoms with van der Waals surface area (Å²) in [6.45, 7) is 0.430. The molecule has 0 saturated heterocycles. The lowest BCUT2D eigenvalue weighted by molar-refractivity contribution is 0.191. The zero-order valence-corrected chi connectivity index (χ0v) is 11.7. The highest BCUT2D eigenvalue weighted by molar-refractivity contribution is 5.46. The minimum atomic E-state index is -0.591. The molecular formula is C16H19NO3. The van der Waals surface area contributed by atoms with E-state index < -0.39 is 6.10 Å². The number of nitrogens with one attached hydrogen (secondary N) is 1. The van der Waals surface area contributed by atoms with Crippen molar-refractivity contribution in [3.63, 3.8) is 0 Å². The molecule has 0 aromatic heterocycles. The van der Waals surface area contributed by atoms with Gasteiger partial charge in [-0.1, -0.05) is 12.1 Å². The number of rotatable bonds is 6. The molecule has 4 heteroatoms. The molecule has 0 spiro atoms. The van der Waals surface area contributed by atoms with Gasteiger partial charge in [0.1, 0.15) is 11.5 Å². The van der Waals surface area contributed by atoms with Crippen LogP contribution in [0.1, 0.15) is 11.7 Å². The second kappa shape index (κ2) is 6.82. The van der Waals surface area contributed by atoms with Crippen LogP contribution in [0.3, 0.4) is 0 Å². The summed E-state index contributed by atoms with van der Waals surface area (Å²) in [5, 5.41) is 13.3. The first-order chi connectivity index (χ1) is 9.72. The molecule has 0 fully saturated rings. The monoisotopic (exact) mass is 273 g/mol. The summed E-state index contributed by atoms with van der Waals surface area (Å²) in [5.74, 6) is 1.55. The van der Waals surface area contributed by atoms with Gasteiger partial charge in [-0.15, -0.1) is 0 Å². The van der Waals surface area contributed by atoms with E-state index in [1.165, 1.54) is 0 Å². The number of ether oxygens (including phenoxy) is 2. The molecule has 106 valence electrons. The molecule has 0 aliphatic rings. The average molecular weight is 273 g/mol. The van der Waals surface area contributed by atoms with Crippen LogP contribution in [0.4, 0.5) is 5.69 Å². The minimum absolute atomic E-state index is 0.430. The Hall–Kier alpha value is -2.20. The van der Waals surface area contributed by atoms with Gasteiger partial charge in [-0.3, -0.25) is 0 Å². The Bertz CT molecular complexity index is 540. The van der Waals surface area contributed by atoms with Crippen molar-refractivity contribution in [1.29, 1.82) is 0 Å². The first-order valence-electron chi connectivity index (χ1n) is 6.43. The Balaban J connectivity index is 1.95. The Morgan fingerprint density at radius 3 is 2.35 bits per heavy atom. The van der Waals surface area contributed by atoms with E-state index in [4.69, 9.17) is 9.47 Å². The van der Waals surface area contributed by atoms with Crippen LogP contribution in [-0.2, 0) is 0 Å². The van der Waals surface area contributed by atoms with E-state index in [0.717, 1.165) is 22.7 Å². The van der Waals surface area contributed by atoms with Gasteiger partial charge >= 0.3 is 0 Å². The molecule has 4 nitrogen and oxygen atoms in total. The van der Waals surface area contributed by atoms with E-state index in [0.29, 0.717) is 6.54 Å². The van der Waals surface area contributed by atoms with Gasteiger partial charge in [-0.2, -0.15) is 0 Å². The molecule has 0 aliphatic carbocycles. The highest BCUT2D eigenvalue weighted by Gasteiger charge is 2.08. The van der Waals surface area contributed by atoms with Crippen molar-refractivity contribution < 1.29 is 14.6 Å². The highest BCUT2D eigenvalue weighted by atomic mass is 16.5. The lowest BCUT2D eigenvalue weighted by Gasteiger charge is -2.14. The van der Waals surface area contributed by atoms with Gasteiger partial charge in [0.25, 0.3) is 0 Å². The van der Waals surface area contributed by atoms with E-state index in [-0.39, 0.29) is 0 Å². The topological polar surface area (TPSA) is 50.7 Å². The number of methoxy groups -OCH3 is 2. The predicted molar refractivity (Wildman–Crippen MR) is 79.4 cm³/mol. The minimum Gasteiger partial charge on any atom is -0.497 e. The second-order valence-corrected chi connectivity index (χ2v) is 4.40. The van der Waals surface area contributed by atoms with Gasteiger partial charge in [0.05, 0.1) is 20.3 Å². The summed E-state index contributed by atoms with van der Waals surface area (Å²) in [5.41, 5.74) is 1.76. The van der Waals surface area contributed by atoms with Gasteiger partial charge < -0.3 is 19.9 Å². The predicted octanol–water partition coefficient (Wildman–Crippen LogP) is 2.85. The molecule has 0 amide bonds. The number of aliphatic hydroxyl groups is 1. The number of hydrogen-bond acceptors (Lipinski definition) is 4. The van der Waals surface area contributed by atoms with E-state index in [2.05, 4.69) is 5.32 Å². The summed E-state index contributed by atoms with van der Waals surface area (Å²) in [6, 6.07) is 15.0. The van der Waals surface area contributed by atoms with Crippen molar-refractivity contribution >= 4 is 5.69 Å². The summed E-state index contributed by atoms with van der Waals surface area (Å²) >= 11 is 0. The van der Waals surface area contributed by atoms with Gasteiger partial charge in [-0.05, 0) is 42.0 Å². The third-order valence-corrected chi connectivity index (χ3v) is 3.07. The molecule has 2 rings (SSSR count). The Morgan fingerprint density at radius 1 is 1.00 bits per heavy atom. The zero-order valence-electron chi connectivity index (χ0n) is 11.7. The SMILES string of the molecule is COc1ccc(NCC(O)c2cccc(OC)c2)cc1. The van der Waals surface area contributed by atoms with Crippen LogP contribution in [0.25, 0.3) is 0 Å². The first-order valence-corrected chi connectivity index (χ1v) is 6.43. The molecule has 2 N–H and O–H groups in total. The molecule has 1 unspecified atom stereocenters. The maximum atomic E-state index is 10.2. The van der Waals surface area contributed by atoms with Crippen molar-refractivity contribution in [3.8, 4) is 11.5 Å². The lowest BCUT2D eigenvalue weighted by atomic mass is 10.1. The van der Waals surface area contributed by atoms with Crippen molar-refractivity contribution in [2.75, 3.05) is 26.1 Å². The van der Waals surface area contributed by atoms with Gasteiger partial charge in [0.15, 0.2) is 0 Å². The molecule has 2 aromatic carbocycles. The molecule has 1 atom stereocenters. The summed E-state index contributed by atoms with van der Waals surface area (Å²) in [7, 11) is 3.25. The molecule has 0 heterocycles. The van der Waals surface area contributed by atoms with Crippen LogP contribution >= 0.6 is 0 Å². The normalized spacial score (nSPS) is 11.8. The average Bonchev–Trinajstić information content (AvgIpc) is 2.53. The smallest absolute Gasteiger partial charge is 0.119 e. The standard InChI is InChI=1S/C16H19NO3/c1-19-14-8-6-13(7-9-14)17-11-16(18)12-4-3-5-15(10-12)20-2/h3-10,16-18H,11H2,1-2H3. The van der Waals surface area contributed by atoms with E-state index >= 15 is 0 Å². The van der Waals surface area contributed by atoms with Gasteiger partial charge in [-0.25, -0.2) is 0 Å². The number of benzene rings is 2. The fourth-order valence-corrected chi connectivity index (χ4v) is 1.89.